The average Bonchev–Trinajstić information content (AvgIpc) is 3.21. The number of hydrogen-bond donors (Lipinski definition) is 1. The number of esters is 1. The average molecular weight is 520 g/mol. The first kappa shape index (κ1) is 24.5. The van der Waals surface area contributed by atoms with E-state index in [1.807, 2.05) is 11.0 Å². The van der Waals surface area contributed by atoms with Crippen molar-refractivity contribution in [2.45, 2.75) is 54.7 Å². The van der Waals surface area contributed by atoms with Crippen LogP contribution in [0.4, 0.5) is 11.6 Å². The lowest BCUT2D eigenvalue weighted by molar-refractivity contribution is 0.0593. The Labute approximate surface area is 214 Å². The molecule has 0 radical (unpaired) electrons. The molecule has 0 bridgehead atoms. The summed E-state index contributed by atoms with van der Waals surface area (Å²) in [6, 6.07) is 1.85. The molecule has 1 N–H and O–H groups in total. The number of anilines is 2. The van der Waals surface area contributed by atoms with E-state index in [2.05, 4.69) is 26.8 Å². The molecule has 188 valence electrons. The number of ether oxygens (including phenoxy) is 2. The Bertz CT molecular complexity index is 1100. The van der Waals surface area contributed by atoms with Crippen molar-refractivity contribution in [1.82, 2.24) is 15.0 Å². The van der Waals surface area contributed by atoms with Crippen LogP contribution in [0.5, 0.6) is 0 Å². The minimum absolute atomic E-state index is 0.0351. The summed E-state index contributed by atoms with van der Waals surface area (Å²) in [5.74, 6) is 0.684. The number of methoxy groups -OCH3 is 1. The SMILES string of the molecule is COC(=O)c1nc(Sc2ccnc(N3CC[C@H]3CO)c2Cl)cnc1N1CCC2(CC1)CO[C@@H](C)C2. The molecule has 0 unspecified atom stereocenters. The quantitative estimate of drug-likeness (QED) is 0.571. The predicted octanol–water partition coefficient (Wildman–Crippen LogP) is 3.43. The smallest absolute Gasteiger partial charge is 0.360 e. The van der Waals surface area contributed by atoms with Crippen LogP contribution in [0.2, 0.25) is 5.02 Å². The first-order valence-electron chi connectivity index (χ1n) is 11.9. The van der Waals surface area contributed by atoms with Crippen LogP contribution in [0, 0.1) is 5.41 Å². The standard InChI is InChI=1S/C24H30ClN5O4S/c1-15-11-24(14-34-15)5-9-29(10-6-24)22-20(23(32)33-2)28-18(12-27-22)35-17-3-7-26-21(19(17)25)30-8-4-16(30)13-31/h3,7,12,15-16,31H,4-6,8-11,13-14H2,1-2H3/t15-,16-/m0/s1. The molecule has 5 heterocycles. The highest BCUT2D eigenvalue weighted by atomic mass is 35.5. The van der Waals surface area contributed by atoms with Crippen LogP contribution in [0.1, 0.15) is 43.1 Å². The molecule has 9 nitrogen and oxygen atoms in total. The van der Waals surface area contributed by atoms with E-state index in [1.54, 1.807) is 12.4 Å². The third-order valence-corrected chi connectivity index (χ3v) is 8.76. The normalized spacial score (nSPS) is 23.4. The summed E-state index contributed by atoms with van der Waals surface area (Å²) in [7, 11) is 1.35. The molecule has 2 aromatic rings. The van der Waals surface area contributed by atoms with E-state index in [1.165, 1.54) is 18.9 Å². The molecule has 3 saturated heterocycles. The highest BCUT2D eigenvalue weighted by Crippen LogP contribution is 2.43. The van der Waals surface area contributed by atoms with Gasteiger partial charge in [0.1, 0.15) is 10.8 Å². The van der Waals surface area contributed by atoms with Crippen LogP contribution in [0.25, 0.3) is 0 Å². The minimum Gasteiger partial charge on any atom is -0.464 e. The van der Waals surface area contributed by atoms with E-state index in [9.17, 15) is 9.90 Å². The monoisotopic (exact) mass is 519 g/mol. The fraction of sp³-hybridized carbons (Fsp3) is 0.583. The van der Waals surface area contributed by atoms with Crippen molar-refractivity contribution in [3.05, 3.63) is 29.2 Å². The van der Waals surface area contributed by atoms with Crippen LogP contribution >= 0.6 is 23.4 Å². The first-order valence-corrected chi connectivity index (χ1v) is 13.1. The molecule has 2 aromatic heterocycles. The second-order valence-corrected chi connectivity index (χ2v) is 11.0. The summed E-state index contributed by atoms with van der Waals surface area (Å²) >= 11 is 8.00. The van der Waals surface area contributed by atoms with Crippen LogP contribution in [-0.2, 0) is 9.47 Å². The maximum absolute atomic E-state index is 12.7. The molecule has 0 aromatic carbocycles. The highest BCUT2D eigenvalue weighted by Gasteiger charge is 2.41. The Hall–Kier alpha value is -2.14. The third kappa shape index (κ3) is 4.81. The van der Waals surface area contributed by atoms with Gasteiger partial charge in [-0.1, -0.05) is 23.4 Å². The van der Waals surface area contributed by atoms with Gasteiger partial charge in [0.2, 0.25) is 0 Å². The van der Waals surface area contributed by atoms with Gasteiger partial charge in [-0.15, -0.1) is 0 Å². The summed E-state index contributed by atoms with van der Waals surface area (Å²) in [5.41, 5.74) is 0.435. The molecular formula is C24H30ClN5O4S. The van der Waals surface area contributed by atoms with Gasteiger partial charge in [0, 0.05) is 30.7 Å². The molecule has 0 saturated carbocycles. The number of aliphatic hydroxyl groups is 1. The van der Waals surface area contributed by atoms with Gasteiger partial charge in [-0.25, -0.2) is 19.7 Å². The minimum atomic E-state index is -0.513. The first-order chi connectivity index (χ1) is 16.9. The van der Waals surface area contributed by atoms with E-state index < -0.39 is 5.97 Å². The Morgan fingerprint density at radius 3 is 2.74 bits per heavy atom. The maximum Gasteiger partial charge on any atom is 0.360 e. The number of aliphatic hydroxyl groups excluding tert-OH is 1. The second kappa shape index (κ2) is 10.1. The van der Waals surface area contributed by atoms with Gasteiger partial charge in [-0.3, -0.25) is 0 Å². The second-order valence-electron chi connectivity index (χ2n) is 9.55. The molecule has 5 rings (SSSR count). The van der Waals surface area contributed by atoms with Crippen molar-refractivity contribution in [2.75, 3.05) is 49.8 Å². The lowest BCUT2D eigenvalue weighted by Gasteiger charge is -2.41. The largest absolute Gasteiger partial charge is 0.464 e. The molecule has 0 amide bonds. The van der Waals surface area contributed by atoms with Gasteiger partial charge in [-0.2, -0.15) is 0 Å². The van der Waals surface area contributed by atoms with E-state index in [-0.39, 0.29) is 23.8 Å². The summed E-state index contributed by atoms with van der Waals surface area (Å²) < 4.78 is 10.9. The van der Waals surface area contributed by atoms with Crippen molar-refractivity contribution in [2.24, 2.45) is 5.41 Å². The van der Waals surface area contributed by atoms with Gasteiger partial charge in [0.05, 0.1) is 43.7 Å². The third-order valence-electron chi connectivity index (χ3n) is 7.30. The van der Waals surface area contributed by atoms with Gasteiger partial charge in [0.25, 0.3) is 0 Å². The number of aromatic nitrogens is 3. The van der Waals surface area contributed by atoms with Crippen LogP contribution in [-0.4, -0.2) is 78.1 Å². The van der Waals surface area contributed by atoms with Crippen LogP contribution in [0.15, 0.2) is 28.4 Å². The van der Waals surface area contributed by atoms with Crippen molar-refractivity contribution in [3.63, 3.8) is 0 Å². The van der Waals surface area contributed by atoms with E-state index in [0.717, 1.165) is 56.8 Å². The lowest BCUT2D eigenvalue weighted by atomic mass is 9.77. The highest BCUT2D eigenvalue weighted by molar-refractivity contribution is 7.99. The fourth-order valence-corrected chi connectivity index (χ4v) is 6.30. The fourth-order valence-electron chi connectivity index (χ4n) is 5.19. The molecule has 35 heavy (non-hydrogen) atoms. The number of halogens is 1. The van der Waals surface area contributed by atoms with E-state index in [4.69, 9.17) is 21.1 Å². The van der Waals surface area contributed by atoms with Crippen molar-refractivity contribution < 1.29 is 19.4 Å². The number of pyridine rings is 1. The van der Waals surface area contributed by atoms with Gasteiger partial charge >= 0.3 is 5.97 Å². The zero-order valence-corrected chi connectivity index (χ0v) is 21.5. The molecule has 11 heteroatoms. The van der Waals surface area contributed by atoms with E-state index in [0.29, 0.717) is 27.8 Å². The molecule has 2 atom stereocenters. The van der Waals surface area contributed by atoms with Gasteiger partial charge < -0.3 is 24.4 Å². The number of nitrogens with zero attached hydrogens (tertiary/aromatic N) is 5. The maximum atomic E-state index is 12.7. The summed E-state index contributed by atoms with van der Waals surface area (Å²) in [6.45, 7) is 5.39. The zero-order chi connectivity index (χ0) is 24.6. The summed E-state index contributed by atoms with van der Waals surface area (Å²) in [6.07, 6.45) is 7.65. The Morgan fingerprint density at radius 1 is 1.31 bits per heavy atom. The summed E-state index contributed by atoms with van der Waals surface area (Å²) in [4.78, 5) is 31.2. The van der Waals surface area contributed by atoms with Gasteiger partial charge in [-0.05, 0) is 44.1 Å². The van der Waals surface area contributed by atoms with Crippen LogP contribution in [0.3, 0.4) is 0 Å². The molecule has 3 aliphatic rings. The number of rotatable bonds is 6. The number of carbonyl (C=O) groups excluding carboxylic acids is 1. The Balaban J connectivity index is 1.36. The number of carbonyl (C=O) groups is 1. The Kier molecular flexibility index (Phi) is 7.07. The molecule has 1 spiro atoms. The van der Waals surface area contributed by atoms with Gasteiger partial charge in [0.15, 0.2) is 11.5 Å². The van der Waals surface area contributed by atoms with Crippen molar-refractivity contribution in [3.8, 4) is 0 Å². The number of piperidine rings is 1. The van der Waals surface area contributed by atoms with Crippen molar-refractivity contribution in [1.29, 1.82) is 0 Å². The number of hydrogen-bond acceptors (Lipinski definition) is 10. The van der Waals surface area contributed by atoms with Crippen LogP contribution < -0.4 is 9.80 Å². The Morgan fingerprint density at radius 2 is 2.11 bits per heavy atom. The zero-order valence-electron chi connectivity index (χ0n) is 19.9. The molecular weight excluding hydrogens is 490 g/mol. The molecule has 3 fully saturated rings. The molecule has 3 aliphatic heterocycles. The van der Waals surface area contributed by atoms with E-state index >= 15 is 0 Å². The molecule has 0 aliphatic carbocycles. The van der Waals surface area contributed by atoms with Crippen molar-refractivity contribution >= 4 is 41.0 Å². The predicted molar refractivity (Wildman–Crippen MR) is 133 cm³/mol. The summed E-state index contributed by atoms with van der Waals surface area (Å²) in [5, 5.41) is 10.6. The lowest BCUT2D eigenvalue weighted by Crippen LogP contribution is -2.50. The topological polar surface area (TPSA) is 101 Å².